The first kappa shape index (κ1) is 14.3. The van der Waals surface area contributed by atoms with Gasteiger partial charge in [-0.2, -0.15) is 0 Å². The van der Waals surface area contributed by atoms with Crippen molar-refractivity contribution in [2.45, 2.75) is 26.7 Å². The Hall–Kier alpha value is -2.10. The van der Waals surface area contributed by atoms with E-state index in [0.29, 0.717) is 23.7 Å². The van der Waals surface area contributed by atoms with Crippen molar-refractivity contribution < 1.29 is 13.9 Å². The van der Waals surface area contributed by atoms with Crippen LogP contribution in [-0.2, 0) is 4.79 Å². The Morgan fingerprint density at radius 2 is 2.05 bits per heavy atom. The third kappa shape index (κ3) is 3.70. The van der Waals surface area contributed by atoms with Crippen molar-refractivity contribution in [2.75, 3.05) is 6.61 Å². The first-order valence-electron chi connectivity index (χ1n) is 6.77. The van der Waals surface area contributed by atoms with E-state index in [1.807, 2.05) is 6.92 Å². The molecule has 0 N–H and O–H groups in total. The molecule has 0 aliphatic rings. The Kier molecular flexibility index (Phi) is 4.56. The highest BCUT2D eigenvalue weighted by Crippen LogP contribution is 2.19. The number of fused-ring (bicyclic) bond motifs is 1. The van der Waals surface area contributed by atoms with Crippen molar-refractivity contribution in [1.29, 1.82) is 0 Å². The van der Waals surface area contributed by atoms with E-state index in [9.17, 15) is 9.59 Å². The molecule has 0 radical (unpaired) electrons. The highest BCUT2D eigenvalue weighted by molar-refractivity contribution is 5.81. The van der Waals surface area contributed by atoms with Crippen LogP contribution in [0.25, 0.3) is 11.0 Å². The number of hydrogen-bond acceptors (Lipinski definition) is 4. The molecule has 20 heavy (non-hydrogen) atoms. The Bertz CT molecular complexity index is 657. The van der Waals surface area contributed by atoms with Crippen molar-refractivity contribution in [2.24, 2.45) is 5.92 Å². The second-order valence-corrected chi connectivity index (χ2v) is 5.00. The molecule has 0 bridgehead atoms. The second-order valence-electron chi connectivity index (χ2n) is 5.00. The van der Waals surface area contributed by atoms with Crippen molar-refractivity contribution >= 4 is 16.8 Å². The average Bonchev–Trinajstić information content (AvgIpc) is 2.44. The normalized spacial score (nSPS) is 12.3. The molecular weight excluding hydrogens is 256 g/mol. The molecule has 2 rings (SSSR count). The summed E-state index contributed by atoms with van der Waals surface area (Å²) in [5, 5.41) is 0.822. The van der Waals surface area contributed by atoms with Crippen molar-refractivity contribution in [1.82, 2.24) is 0 Å². The van der Waals surface area contributed by atoms with Crippen LogP contribution >= 0.6 is 0 Å². The zero-order valence-electron chi connectivity index (χ0n) is 11.7. The summed E-state index contributed by atoms with van der Waals surface area (Å²) in [4.78, 5) is 22.9. The van der Waals surface area contributed by atoms with Crippen LogP contribution in [0.5, 0.6) is 5.75 Å². The van der Waals surface area contributed by atoms with E-state index in [2.05, 4.69) is 6.92 Å². The number of carbonyl (C=O) groups excluding carboxylic acids is 1. The molecule has 0 amide bonds. The summed E-state index contributed by atoms with van der Waals surface area (Å²) in [7, 11) is 0. The number of Topliss-reactive ketones (excluding diaryl/α,β-unsaturated/α-hetero) is 1. The van der Waals surface area contributed by atoms with Crippen LogP contribution in [-0.4, -0.2) is 12.4 Å². The molecule has 106 valence electrons. The number of ether oxygens (including phenoxy) is 1. The first-order chi connectivity index (χ1) is 9.58. The molecule has 1 aromatic heterocycles. The third-order valence-electron chi connectivity index (χ3n) is 3.27. The summed E-state index contributed by atoms with van der Waals surface area (Å²) >= 11 is 0. The summed E-state index contributed by atoms with van der Waals surface area (Å²) in [6.07, 6.45) is 1.51. The molecule has 1 unspecified atom stereocenters. The topological polar surface area (TPSA) is 56.5 Å². The zero-order valence-corrected chi connectivity index (χ0v) is 11.7. The minimum atomic E-state index is -0.400. The fourth-order valence-electron chi connectivity index (χ4n) is 1.89. The van der Waals surface area contributed by atoms with Gasteiger partial charge in [0.2, 0.25) is 0 Å². The Morgan fingerprint density at radius 3 is 2.80 bits per heavy atom. The molecule has 4 heteroatoms. The van der Waals surface area contributed by atoms with Crippen molar-refractivity contribution in [3.8, 4) is 5.75 Å². The van der Waals surface area contributed by atoms with Gasteiger partial charge >= 0.3 is 5.63 Å². The molecule has 0 saturated heterocycles. The number of carbonyl (C=O) groups is 1. The van der Waals surface area contributed by atoms with Gasteiger partial charge in [0.15, 0.2) is 5.78 Å². The average molecular weight is 274 g/mol. The molecule has 0 aliphatic carbocycles. The van der Waals surface area contributed by atoms with E-state index in [1.54, 1.807) is 24.3 Å². The van der Waals surface area contributed by atoms with Gasteiger partial charge in [-0.25, -0.2) is 4.79 Å². The summed E-state index contributed by atoms with van der Waals surface area (Å²) in [5.74, 6) is 0.985. The molecular formula is C16H18O4. The lowest BCUT2D eigenvalue weighted by Crippen LogP contribution is -2.14. The zero-order chi connectivity index (χ0) is 14.5. The maximum absolute atomic E-state index is 11.7. The molecule has 0 spiro atoms. The van der Waals surface area contributed by atoms with Crippen LogP contribution in [0, 0.1) is 5.92 Å². The summed E-state index contributed by atoms with van der Waals surface area (Å²) in [6, 6.07) is 8.26. The largest absolute Gasteiger partial charge is 0.486 e. The summed E-state index contributed by atoms with van der Waals surface area (Å²) in [6.45, 7) is 4.15. The van der Waals surface area contributed by atoms with Crippen LogP contribution in [0.1, 0.15) is 26.7 Å². The third-order valence-corrected chi connectivity index (χ3v) is 3.27. The highest BCUT2D eigenvalue weighted by atomic mass is 16.5. The Balaban J connectivity index is 2.03. The minimum Gasteiger partial charge on any atom is -0.486 e. The van der Waals surface area contributed by atoms with E-state index in [4.69, 9.17) is 9.15 Å². The van der Waals surface area contributed by atoms with E-state index in [-0.39, 0.29) is 12.4 Å². The standard InChI is InChI=1S/C16H18O4/c1-3-11(2)8-13(17)10-19-14-6-4-12-5-7-16(18)20-15(12)9-14/h4-7,9,11H,3,8,10H2,1-2H3. The van der Waals surface area contributed by atoms with E-state index in [1.165, 1.54) is 6.07 Å². The Labute approximate surface area is 117 Å². The van der Waals surface area contributed by atoms with E-state index < -0.39 is 5.63 Å². The van der Waals surface area contributed by atoms with Crippen LogP contribution in [0.15, 0.2) is 39.5 Å². The predicted octanol–water partition coefficient (Wildman–Crippen LogP) is 3.18. The monoisotopic (exact) mass is 274 g/mol. The van der Waals surface area contributed by atoms with Gasteiger partial charge in [-0.05, 0) is 24.1 Å². The van der Waals surface area contributed by atoms with Crippen LogP contribution < -0.4 is 10.4 Å². The molecule has 1 aromatic carbocycles. The smallest absolute Gasteiger partial charge is 0.336 e. The summed E-state index contributed by atoms with van der Waals surface area (Å²) in [5.41, 5.74) is 0.0619. The van der Waals surface area contributed by atoms with Gasteiger partial charge in [0.05, 0.1) is 0 Å². The van der Waals surface area contributed by atoms with Gasteiger partial charge in [-0.15, -0.1) is 0 Å². The summed E-state index contributed by atoms with van der Waals surface area (Å²) < 4.78 is 10.5. The molecule has 1 heterocycles. The van der Waals surface area contributed by atoms with Gasteiger partial charge in [0, 0.05) is 23.9 Å². The number of ketones is 1. The number of hydrogen-bond donors (Lipinski definition) is 0. The second kappa shape index (κ2) is 6.37. The first-order valence-corrected chi connectivity index (χ1v) is 6.77. The lowest BCUT2D eigenvalue weighted by atomic mass is 10.0. The van der Waals surface area contributed by atoms with Gasteiger partial charge < -0.3 is 9.15 Å². The molecule has 0 aliphatic heterocycles. The maximum Gasteiger partial charge on any atom is 0.336 e. The Morgan fingerprint density at radius 1 is 1.30 bits per heavy atom. The van der Waals surface area contributed by atoms with Crippen LogP contribution in [0.4, 0.5) is 0 Å². The minimum absolute atomic E-state index is 0.0485. The lowest BCUT2D eigenvalue weighted by molar-refractivity contribution is -0.121. The molecule has 0 saturated carbocycles. The molecule has 1 atom stereocenters. The van der Waals surface area contributed by atoms with Gasteiger partial charge in [-0.1, -0.05) is 20.3 Å². The molecule has 2 aromatic rings. The lowest BCUT2D eigenvalue weighted by Gasteiger charge is -2.09. The molecule has 4 nitrogen and oxygen atoms in total. The van der Waals surface area contributed by atoms with Crippen molar-refractivity contribution in [3.63, 3.8) is 0 Å². The molecule has 0 fully saturated rings. The highest BCUT2D eigenvalue weighted by Gasteiger charge is 2.08. The quantitative estimate of drug-likeness (QED) is 0.759. The number of benzene rings is 1. The SMILES string of the molecule is CCC(C)CC(=O)COc1ccc2ccc(=O)oc2c1. The van der Waals surface area contributed by atoms with Crippen LogP contribution in [0.3, 0.4) is 0 Å². The fraction of sp³-hybridized carbons (Fsp3) is 0.375. The van der Waals surface area contributed by atoms with E-state index in [0.717, 1.165) is 11.8 Å². The van der Waals surface area contributed by atoms with Gasteiger partial charge in [-0.3, -0.25) is 4.79 Å². The number of rotatable bonds is 6. The van der Waals surface area contributed by atoms with Crippen molar-refractivity contribution in [3.05, 3.63) is 40.8 Å². The van der Waals surface area contributed by atoms with Gasteiger partial charge in [0.1, 0.15) is 17.9 Å². The fourth-order valence-corrected chi connectivity index (χ4v) is 1.89. The van der Waals surface area contributed by atoms with E-state index >= 15 is 0 Å². The van der Waals surface area contributed by atoms with Gasteiger partial charge in [0.25, 0.3) is 0 Å². The maximum atomic E-state index is 11.7. The predicted molar refractivity (Wildman–Crippen MR) is 77.1 cm³/mol. The van der Waals surface area contributed by atoms with Crippen LogP contribution in [0.2, 0.25) is 0 Å².